The maximum atomic E-state index is 6.14. The summed E-state index contributed by atoms with van der Waals surface area (Å²) in [6, 6.07) is 0. The first-order valence-electron chi connectivity index (χ1n) is 58.1. The lowest BCUT2D eigenvalue weighted by atomic mass is 10.0. The van der Waals surface area contributed by atoms with Gasteiger partial charge in [-0.05, 0) is 196 Å². The van der Waals surface area contributed by atoms with Gasteiger partial charge in [0.1, 0.15) is 0 Å². The Labute approximate surface area is 812 Å². The molecule has 0 spiro atoms. The Bertz CT molecular complexity index is 2010. The maximum absolute atomic E-state index is 6.14. The van der Waals surface area contributed by atoms with E-state index in [4.69, 9.17) is 28.4 Å². The fourth-order valence-electron chi connectivity index (χ4n) is 16.8. The largest absolute Gasteiger partial charge is 0.351 e. The van der Waals surface area contributed by atoms with Crippen LogP contribution in [0.3, 0.4) is 0 Å². The molecule has 9 heteroatoms. The van der Waals surface area contributed by atoms with Gasteiger partial charge in [-0.15, -0.1) is 0 Å². The molecule has 0 radical (unpaired) electrons. The Morgan fingerprint density at radius 2 is 0.248 bits per heavy atom. The van der Waals surface area contributed by atoms with Gasteiger partial charge in [-0.2, -0.15) is 0 Å². The molecule has 0 fully saturated rings. The van der Waals surface area contributed by atoms with Gasteiger partial charge in [0.15, 0.2) is 18.9 Å². The highest BCUT2D eigenvalue weighted by Gasteiger charge is 2.14. The Kier molecular flexibility index (Phi) is 124. The summed E-state index contributed by atoms with van der Waals surface area (Å²) in [7, 11) is 12.6. The molecule has 0 aliphatic rings. The van der Waals surface area contributed by atoms with E-state index >= 15 is 0 Å². The summed E-state index contributed by atoms with van der Waals surface area (Å²) in [6.45, 7) is 21.2. The molecule has 0 saturated heterocycles. The van der Waals surface area contributed by atoms with Crippen molar-refractivity contribution in [1.29, 1.82) is 0 Å². The second-order valence-electron chi connectivity index (χ2n) is 40.0. The zero-order chi connectivity index (χ0) is 94.0. The van der Waals surface area contributed by atoms with Crippen LogP contribution >= 0.6 is 0 Å². The van der Waals surface area contributed by atoms with Gasteiger partial charge in [0.25, 0.3) is 0 Å². The average molecular weight is 1820 g/mol. The molecule has 9 nitrogen and oxygen atoms in total. The number of nitrogens with zero attached hydrogens (tertiary/aromatic N) is 3. The second-order valence-corrected chi connectivity index (χ2v) is 40.0. The predicted molar refractivity (Wildman–Crippen MR) is 579 cm³/mol. The zero-order valence-corrected chi connectivity index (χ0v) is 90.2. The monoisotopic (exact) mass is 1820 g/mol. The lowest BCUT2D eigenvalue weighted by Crippen LogP contribution is -2.31. The van der Waals surface area contributed by atoms with Crippen LogP contribution in [-0.4, -0.2) is 135 Å². The Hall–Kier alpha value is -1.92. The minimum absolute atomic E-state index is 0.0670. The van der Waals surface area contributed by atoms with Crippen molar-refractivity contribution in [3.05, 3.63) is 72.9 Å². The summed E-state index contributed by atoms with van der Waals surface area (Å²) in [5.41, 5.74) is 0. The summed E-state index contributed by atoms with van der Waals surface area (Å²) in [4.78, 5) is 6.53. The summed E-state index contributed by atoms with van der Waals surface area (Å²) in [5, 5.41) is 0. The third kappa shape index (κ3) is 126. The molecule has 0 aromatic rings. The van der Waals surface area contributed by atoms with Gasteiger partial charge in [0.05, 0.1) is 0 Å². The molecule has 0 heterocycles. The van der Waals surface area contributed by atoms with E-state index in [2.05, 4.69) is 171 Å². The number of hydrogen-bond donors (Lipinski definition) is 0. The Morgan fingerprint density at radius 1 is 0.140 bits per heavy atom. The highest BCUT2D eigenvalue weighted by molar-refractivity contribution is 4.94. The SMILES string of the molecule is CCCCC/C=C\C/C=C\CCCCCCCCOC(CN(C)C)OCCCCCCCC/C=C\C/C=C\CCCCC.CCCCCCCC/C=C\CCCCCCCCOC(CN(C)C)OCCCCCCCC/C=C\CCCCCCCC.CCCCCCCCCCCCCCCCCCOC(CN(C)C)OCCCCCCCCCCCCCCCCCC. The lowest BCUT2D eigenvalue weighted by molar-refractivity contribution is -0.151. The molecule has 0 bridgehead atoms. The van der Waals surface area contributed by atoms with Gasteiger partial charge in [-0.25, -0.2) is 0 Å². The van der Waals surface area contributed by atoms with E-state index in [1.807, 2.05) is 0 Å². The Morgan fingerprint density at radius 3 is 0.388 bits per heavy atom. The van der Waals surface area contributed by atoms with Crippen molar-refractivity contribution in [2.75, 3.05) is 102 Å². The third-order valence-corrected chi connectivity index (χ3v) is 25.4. The molecule has 0 aromatic heterocycles. The first kappa shape index (κ1) is 131. The average Bonchev–Trinajstić information content (AvgIpc) is 0.988. The normalized spacial score (nSPS) is 12.2. The number of rotatable bonds is 108. The van der Waals surface area contributed by atoms with Crippen LogP contribution in [0, 0.1) is 0 Å². The van der Waals surface area contributed by atoms with E-state index in [1.54, 1.807) is 0 Å². The van der Waals surface area contributed by atoms with Crippen molar-refractivity contribution < 1.29 is 28.4 Å². The lowest BCUT2D eigenvalue weighted by Gasteiger charge is -2.22. The van der Waals surface area contributed by atoms with Crippen LogP contribution in [0.5, 0.6) is 0 Å². The molecule has 0 aliphatic carbocycles. The first-order chi connectivity index (χ1) is 63.6. The van der Waals surface area contributed by atoms with Crippen molar-refractivity contribution in [2.45, 2.75) is 600 Å². The molecule has 129 heavy (non-hydrogen) atoms. The smallest absolute Gasteiger partial charge is 0.170 e. The summed E-state index contributed by atoms with van der Waals surface area (Å²) in [6.07, 6.45) is 141. The van der Waals surface area contributed by atoms with Crippen LogP contribution in [0.25, 0.3) is 0 Å². The van der Waals surface area contributed by atoms with Crippen LogP contribution in [-0.2, 0) is 28.4 Å². The minimum Gasteiger partial charge on any atom is -0.351 e. The number of unbranched alkanes of at least 4 members (excludes halogenated alkanes) is 72. The topological polar surface area (TPSA) is 65.1 Å². The molecule has 768 valence electrons. The number of hydrogen-bond acceptors (Lipinski definition) is 9. The molecule has 0 amide bonds. The van der Waals surface area contributed by atoms with Crippen LogP contribution in [0.2, 0.25) is 0 Å². The third-order valence-electron chi connectivity index (χ3n) is 25.4. The van der Waals surface area contributed by atoms with E-state index in [9.17, 15) is 0 Å². The van der Waals surface area contributed by atoms with Crippen LogP contribution < -0.4 is 0 Å². The molecule has 0 saturated carbocycles. The van der Waals surface area contributed by atoms with Gasteiger partial charge >= 0.3 is 0 Å². The summed E-state index contributed by atoms with van der Waals surface area (Å²) < 4.78 is 36.7. The van der Waals surface area contributed by atoms with Gasteiger partial charge in [-0.3, -0.25) is 0 Å². The van der Waals surface area contributed by atoms with Crippen molar-refractivity contribution in [1.82, 2.24) is 14.7 Å². The molecule has 0 aliphatic heterocycles. The van der Waals surface area contributed by atoms with Crippen molar-refractivity contribution in [3.8, 4) is 0 Å². The quantitative estimate of drug-likeness (QED) is 0.0337. The summed E-state index contributed by atoms with van der Waals surface area (Å²) in [5.74, 6) is 0. The first-order valence-corrected chi connectivity index (χ1v) is 58.1. The van der Waals surface area contributed by atoms with Crippen LogP contribution in [0.1, 0.15) is 581 Å². The standard InChI is InChI=1S/C40H83NO2.C40H79NO2.C40H75NO2/c3*1-5-7-9-11-13-15-17-19-21-23-25-27-29-31-33-35-37-42-40(39-41(3)4)43-38-36-34-32-30-28-26-24-22-20-18-16-14-12-10-8-6-2/h40H,5-39H2,1-4H3;19-22,40H,5-18,23-39H2,1-4H3;13-16,19-22,40H,5-12,17-18,23-39H2,1-4H3/b;21-19-,22-20-;15-13-,16-14-,21-19-,22-20-. The minimum atomic E-state index is -0.0917. The van der Waals surface area contributed by atoms with Gasteiger partial charge in [0, 0.05) is 59.3 Å². The van der Waals surface area contributed by atoms with Crippen molar-refractivity contribution in [3.63, 3.8) is 0 Å². The predicted octanol–water partition coefficient (Wildman–Crippen LogP) is 38.9. The number of allylic oxidation sites excluding steroid dienone is 12. The highest BCUT2D eigenvalue weighted by Crippen LogP contribution is 2.21. The van der Waals surface area contributed by atoms with E-state index in [-0.39, 0.29) is 18.9 Å². The van der Waals surface area contributed by atoms with Crippen molar-refractivity contribution >= 4 is 0 Å². The molecule has 0 unspecified atom stereocenters. The Balaban J connectivity index is -0.00000185. The molecular formula is C120H237N3O6. The van der Waals surface area contributed by atoms with Crippen LogP contribution in [0.15, 0.2) is 72.9 Å². The van der Waals surface area contributed by atoms with E-state index in [1.165, 1.54) is 501 Å². The van der Waals surface area contributed by atoms with Crippen LogP contribution in [0.4, 0.5) is 0 Å². The highest BCUT2D eigenvalue weighted by atomic mass is 16.7. The second kappa shape index (κ2) is 122. The van der Waals surface area contributed by atoms with E-state index in [0.29, 0.717) is 0 Å². The fourth-order valence-corrected chi connectivity index (χ4v) is 16.8. The fraction of sp³-hybridized carbons (Fsp3) is 0.900. The zero-order valence-electron chi connectivity index (χ0n) is 90.2. The van der Waals surface area contributed by atoms with E-state index in [0.717, 1.165) is 97.8 Å². The molecule has 0 N–H and O–H groups in total. The van der Waals surface area contributed by atoms with Gasteiger partial charge in [0.2, 0.25) is 0 Å². The van der Waals surface area contributed by atoms with Gasteiger partial charge in [-0.1, -0.05) is 500 Å². The maximum Gasteiger partial charge on any atom is 0.170 e. The molecular weight excluding hydrogens is 1580 g/mol. The number of ether oxygens (including phenoxy) is 6. The molecule has 0 aromatic carbocycles. The van der Waals surface area contributed by atoms with E-state index < -0.39 is 0 Å². The molecule has 0 rings (SSSR count). The van der Waals surface area contributed by atoms with Gasteiger partial charge < -0.3 is 43.1 Å². The molecule has 0 atom stereocenters. The summed E-state index contributed by atoms with van der Waals surface area (Å²) >= 11 is 0. The number of likely N-dealkylation sites (N-methyl/N-ethyl adjacent to an activating group) is 3. The van der Waals surface area contributed by atoms with Crippen molar-refractivity contribution in [2.24, 2.45) is 0 Å².